The summed E-state index contributed by atoms with van der Waals surface area (Å²) in [6.45, 7) is 5.79. The van der Waals surface area contributed by atoms with Gasteiger partial charge in [-0.25, -0.2) is 0 Å². The number of hydrogen-bond donors (Lipinski definition) is 4. The number of para-hydroxylation sites is 2. The summed E-state index contributed by atoms with van der Waals surface area (Å²) in [6, 6.07) is 19.2. The molecule has 0 atom stereocenters. The van der Waals surface area contributed by atoms with Crippen LogP contribution in [0, 0.1) is 0 Å². The first kappa shape index (κ1) is 22.2. The van der Waals surface area contributed by atoms with Gasteiger partial charge in [0.1, 0.15) is 0 Å². The van der Waals surface area contributed by atoms with E-state index in [0.29, 0.717) is 15.9 Å². The molecule has 6 nitrogen and oxygen atoms in total. The fourth-order valence-electron chi connectivity index (χ4n) is 1.71. The van der Waals surface area contributed by atoms with Crippen LogP contribution in [0.4, 0.5) is 11.4 Å². The SMILES string of the molecule is CC.CC(/C=N/NC(=S)Nc1ccccc1)=N\NC(=S)Nc1ccccc1. The Balaban J connectivity index is 0.00000176. The van der Waals surface area contributed by atoms with Crippen molar-refractivity contribution in [3.05, 3.63) is 60.7 Å². The number of rotatable bonds is 5. The zero-order chi connectivity index (χ0) is 19.9. The highest BCUT2D eigenvalue weighted by atomic mass is 32.1. The lowest BCUT2D eigenvalue weighted by Crippen LogP contribution is -2.26. The molecule has 2 rings (SSSR count). The minimum Gasteiger partial charge on any atom is -0.331 e. The van der Waals surface area contributed by atoms with Gasteiger partial charge < -0.3 is 10.6 Å². The van der Waals surface area contributed by atoms with Crippen LogP contribution in [0.25, 0.3) is 0 Å². The van der Waals surface area contributed by atoms with Crippen LogP contribution in [0.2, 0.25) is 0 Å². The Kier molecular flexibility index (Phi) is 11.0. The lowest BCUT2D eigenvalue weighted by molar-refractivity contribution is 1.03. The molecule has 0 aliphatic rings. The molecule has 0 saturated carbocycles. The van der Waals surface area contributed by atoms with Crippen LogP contribution < -0.4 is 21.5 Å². The summed E-state index contributed by atoms with van der Waals surface area (Å²) in [5, 5.41) is 15.0. The van der Waals surface area contributed by atoms with Gasteiger partial charge in [0.2, 0.25) is 0 Å². The van der Waals surface area contributed by atoms with Crippen molar-refractivity contribution in [3.8, 4) is 0 Å². The molecule has 0 bridgehead atoms. The van der Waals surface area contributed by atoms with Crippen molar-refractivity contribution in [2.45, 2.75) is 20.8 Å². The maximum atomic E-state index is 5.16. The second-order valence-corrected chi connectivity index (χ2v) is 5.69. The first-order chi connectivity index (χ1) is 13.1. The van der Waals surface area contributed by atoms with E-state index in [-0.39, 0.29) is 0 Å². The highest BCUT2D eigenvalue weighted by Gasteiger charge is 1.96. The number of hydrazone groups is 2. The number of nitrogens with one attached hydrogen (secondary N) is 4. The first-order valence-corrected chi connectivity index (χ1v) is 9.26. The van der Waals surface area contributed by atoms with Gasteiger partial charge in [0.15, 0.2) is 10.2 Å². The summed E-state index contributed by atoms with van der Waals surface area (Å²) >= 11 is 10.3. The van der Waals surface area contributed by atoms with E-state index < -0.39 is 0 Å². The van der Waals surface area contributed by atoms with Crippen LogP contribution in [0.1, 0.15) is 20.8 Å². The molecule has 142 valence electrons. The second kappa shape index (κ2) is 13.4. The van der Waals surface area contributed by atoms with Crippen molar-refractivity contribution in [1.82, 2.24) is 10.9 Å². The van der Waals surface area contributed by atoms with Gasteiger partial charge in [0, 0.05) is 11.4 Å². The van der Waals surface area contributed by atoms with Crippen LogP contribution in [0.5, 0.6) is 0 Å². The molecule has 0 aliphatic heterocycles. The summed E-state index contributed by atoms with van der Waals surface area (Å²) in [4.78, 5) is 0. The van der Waals surface area contributed by atoms with E-state index in [4.69, 9.17) is 24.4 Å². The number of anilines is 2. The number of thiocarbonyl (C=S) groups is 2. The molecule has 0 unspecified atom stereocenters. The zero-order valence-electron chi connectivity index (χ0n) is 15.6. The van der Waals surface area contributed by atoms with E-state index in [1.54, 1.807) is 6.92 Å². The molecular weight excluding hydrogens is 376 g/mol. The molecular formula is C19H24N6S2. The quantitative estimate of drug-likeness (QED) is 0.340. The third-order valence-corrected chi connectivity index (χ3v) is 3.20. The number of nitrogens with zero attached hydrogens (tertiary/aromatic N) is 2. The van der Waals surface area contributed by atoms with Crippen LogP contribution in [-0.2, 0) is 0 Å². The molecule has 0 fully saturated rings. The van der Waals surface area contributed by atoms with Gasteiger partial charge in [-0.3, -0.25) is 10.9 Å². The third kappa shape index (κ3) is 10.0. The predicted molar refractivity (Wildman–Crippen MR) is 125 cm³/mol. The van der Waals surface area contributed by atoms with Gasteiger partial charge in [0.05, 0.1) is 11.9 Å². The van der Waals surface area contributed by atoms with Crippen molar-refractivity contribution < 1.29 is 0 Å². The van der Waals surface area contributed by atoms with E-state index >= 15 is 0 Å². The highest BCUT2D eigenvalue weighted by Crippen LogP contribution is 2.04. The van der Waals surface area contributed by atoms with Gasteiger partial charge in [-0.2, -0.15) is 10.2 Å². The van der Waals surface area contributed by atoms with Gasteiger partial charge in [0.25, 0.3) is 0 Å². The van der Waals surface area contributed by atoms with E-state index in [1.165, 1.54) is 6.21 Å². The molecule has 0 amide bonds. The molecule has 2 aromatic carbocycles. The van der Waals surface area contributed by atoms with Crippen molar-refractivity contribution >= 4 is 58.0 Å². The van der Waals surface area contributed by atoms with Crippen molar-refractivity contribution in [2.75, 3.05) is 10.6 Å². The zero-order valence-corrected chi connectivity index (χ0v) is 17.2. The minimum absolute atomic E-state index is 0.393. The van der Waals surface area contributed by atoms with E-state index in [2.05, 4.69) is 31.7 Å². The smallest absolute Gasteiger partial charge is 0.191 e. The molecule has 2 aromatic rings. The fourth-order valence-corrected chi connectivity index (χ4v) is 2.05. The predicted octanol–water partition coefficient (Wildman–Crippen LogP) is 4.35. The van der Waals surface area contributed by atoms with Crippen LogP contribution in [-0.4, -0.2) is 22.2 Å². The standard InChI is InChI=1S/C17H18N6S2.C2H6/c1-13(21-23-17(25)20-15-10-6-3-7-11-15)12-18-22-16(24)19-14-8-4-2-5-9-14;1-2/h2-12H,1H3,(H2,19,22,24)(H2,20,23,25);1-2H3/b18-12+,21-13+;. The Morgan fingerprint density at radius 3 is 1.70 bits per heavy atom. The number of hydrogen-bond acceptors (Lipinski definition) is 4. The Morgan fingerprint density at radius 2 is 1.22 bits per heavy atom. The normalized spacial score (nSPS) is 10.4. The summed E-state index contributed by atoms with van der Waals surface area (Å²) < 4.78 is 0. The van der Waals surface area contributed by atoms with Crippen LogP contribution in [0.3, 0.4) is 0 Å². The lowest BCUT2D eigenvalue weighted by Gasteiger charge is -2.07. The molecule has 8 heteroatoms. The van der Waals surface area contributed by atoms with Crippen molar-refractivity contribution in [3.63, 3.8) is 0 Å². The molecule has 0 spiro atoms. The average Bonchev–Trinajstić information content (AvgIpc) is 2.69. The van der Waals surface area contributed by atoms with Gasteiger partial charge in [-0.15, -0.1) is 0 Å². The van der Waals surface area contributed by atoms with E-state index in [1.807, 2.05) is 74.5 Å². The third-order valence-electron chi connectivity index (χ3n) is 2.81. The molecule has 0 aromatic heterocycles. The number of benzene rings is 2. The molecule has 0 saturated heterocycles. The second-order valence-electron chi connectivity index (χ2n) is 4.88. The maximum absolute atomic E-state index is 5.16. The molecule has 0 heterocycles. The summed E-state index contributed by atoms with van der Waals surface area (Å²) in [7, 11) is 0. The summed E-state index contributed by atoms with van der Waals surface area (Å²) in [6.07, 6.45) is 1.54. The topological polar surface area (TPSA) is 72.8 Å². The Labute approximate surface area is 171 Å². The Morgan fingerprint density at radius 1 is 0.778 bits per heavy atom. The molecule has 0 aliphatic carbocycles. The van der Waals surface area contributed by atoms with E-state index in [9.17, 15) is 0 Å². The maximum Gasteiger partial charge on any atom is 0.191 e. The van der Waals surface area contributed by atoms with E-state index in [0.717, 1.165) is 11.4 Å². The summed E-state index contributed by atoms with van der Waals surface area (Å²) in [5.74, 6) is 0. The van der Waals surface area contributed by atoms with Crippen molar-refractivity contribution in [2.24, 2.45) is 10.2 Å². The molecule has 0 radical (unpaired) electrons. The van der Waals surface area contributed by atoms with Gasteiger partial charge >= 0.3 is 0 Å². The average molecular weight is 401 g/mol. The minimum atomic E-state index is 0.393. The fraction of sp³-hybridized carbons (Fsp3) is 0.158. The lowest BCUT2D eigenvalue weighted by atomic mass is 10.3. The van der Waals surface area contributed by atoms with Gasteiger partial charge in [-0.05, 0) is 55.6 Å². The molecule has 27 heavy (non-hydrogen) atoms. The Hall–Kier alpha value is -2.84. The Bertz CT molecular complexity index is 760. The highest BCUT2D eigenvalue weighted by molar-refractivity contribution is 7.80. The van der Waals surface area contributed by atoms with Crippen LogP contribution in [0.15, 0.2) is 70.9 Å². The summed E-state index contributed by atoms with van der Waals surface area (Å²) in [5.41, 5.74) is 7.88. The monoisotopic (exact) mass is 400 g/mol. The largest absolute Gasteiger partial charge is 0.331 e. The van der Waals surface area contributed by atoms with Gasteiger partial charge in [-0.1, -0.05) is 50.2 Å². The first-order valence-electron chi connectivity index (χ1n) is 8.45. The van der Waals surface area contributed by atoms with Crippen molar-refractivity contribution in [1.29, 1.82) is 0 Å². The van der Waals surface area contributed by atoms with Crippen LogP contribution >= 0.6 is 24.4 Å². The molecule has 4 N–H and O–H groups in total.